The molecule has 0 spiro atoms. The fraction of sp³-hybridized carbons (Fsp3) is 0.818. The van der Waals surface area contributed by atoms with Crippen LogP contribution in [-0.4, -0.2) is 42.0 Å². The van der Waals surface area contributed by atoms with E-state index in [0.717, 1.165) is 6.42 Å². The van der Waals surface area contributed by atoms with Crippen LogP contribution in [0.3, 0.4) is 0 Å². The summed E-state index contributed by atoms with van der Waals surface area (Å²) in [7, 11) is 0. The molecule has 1 rings (SSSR count). The highest BCUT2D eigenvalue weighted by Gasteiger charge is 2.33. The number of hydrogen-bond acceptors (Lipinski definition) is 2. The Morgan fingerprint density at radius 3 is 2.61 bits per heavy atom. The molecule has 1 atom stereocenters. The average molecular weight is 266 g/mol. The van der Waals surface area contributed by atoms with Crippen molar-refractivity contribution in [1.82, 2.24) is 10.2 Å². The van der Waals surface area contributed by atoms with Gasteiger partial charge in [-0.1, -0.05) is 13.3 Å². The summed E-state index contributed by atoms with van der Waals surface area (Å²) in [5.41, 5.74) is 0. The summed E-state index contributed by atoms with van der Waals surface area (Å²) < 4.78 is 36.0. The topological polar surface area (TPSA) is 49.4 Å². The molecule has 0 radical (unpaired) electrons. The van der Waals surface area contributed by atoms with Crippen molar-refractivity contribution in [1.29, 1.82) is 0 Å². The first-order chi connectivity index (χ1) is 8.33. The highest BCUT2D eigenvalue weighted by Crippen LogP contribution is 2.21. The molecular formula is C11H17F3N2O2. The van der Waals surface area contributed by atoms with Crippen LogP contribution in [0.15, 0.2) is 0 Å². The van der Waals surface area contributed by atoms with E-state index in [0.29, 0.717) is 6.42 Å². The molecular weight excluding hydrogens is 249 g/mol. The molecule has 1 heterocycles. The van der Waals surface area contributed by atoms with Gasteiger partial charge >= 0.3 is 6.18 Å². The Kier molecular flexibility index (Phi) is 4.98. The van der Waals surface area contributed by atoms with Gasteiger partial charge < -0.3 is 10.2 Å². The van der Waals surface area contributed by atoms with E-state index in [1.165, 1.54) is 4.90 Å². The molecule has 18 heavy (non-hydrogen) atoms. The Bertz CT molecular complexity index is 318. The summed E-state index contributed by atoms with van der Waals surface area (Å²) >= 11 is 0. The van der Waals surface area contributed by atoms with Crippen molar-refractivity contribution >= 4 is 11.8 Å². The zero-order valence-corrected chi connectivity index (χ0v) is 10.2. The second-order valence-electron chi connectivity index (χ2n) is 4.39. The lowest BCUT2D eigenvalue weighted by Gasteiger charge is -2.32. The highest BCUT2D eigenvalue weighted by molar-refractivity contribution is 5.94. The molecule has 1 aliphatic rings. The van der Waals surface area contributed by atoms with E-state index in [4.69, 9.17) is 0 Å². The number of hydrogen-bond donors (Lipinski definition) is 1. The van der Waals surface area contributed by atoms with Gasteiger partial charge in [0, 0.05) is 13.0 Å². The Morgan fingerprint density at radius 1 is 1.39 bits per heavy atom. The number of amides is 2. The molecule has 0 saturated carbocycles. The van der Waals surface area contributed by atoms with Crippen molar-refractivity contribution in [3.63, 3.8) is 0 Å². The zero-order valence-electron chi connectivity index (χ0n) is 10.2. The average Bonchev–Trinajstić information content (AvgIpc) is 2.23. The molecule has 1 saturated heterocycles. The molecule has 1 aliphatic heterocycles. The number of nitrogens with one attached hydrogen (secondary N) is 1. The van der Waals surface area contributed by atoms with Crippen LogP contribution in [0.5, 0.6) is 0 Å². The predicted molar refractivity (Wildman–Crippen MR) is 58.7 cm³/mol. The van der Waals surface area contributed by atoms with Gasteiger partial charge in [-0.05, 0) is 12.8 Å². The van der Waals surface area contributed by atoms with E-state index in [1.54, 1.807) is 0 Å². The number of carbonyl (C=O) groups excluding carboxylic acids is 2. The van der Waals surface area contributed by atoms with Crippen LogP contribution in [0.25, 0.3) is 0 Å². The Morgan fingerprint density at radius 2 is 2.06 bits per heavy atom. The van der Waals surface area contributed by atoms with Gasteiger partial charge in [-0.2, -0.15) is 13.2 Å². The van der Waals surface area contributed by atoms with E-state index in [9.17, 15) is 22.8 Å². The summed E-state index contributed by atoms with van der Waals surface area (Å²) in [4.78, 5) is 24.4. The van der Waals surface area contributed by atoms with Crippen LogP contribution < -0.4 is 5.32 Å². The van der Waals surface area contributed by atoms with Crippen LogP contribution in [0.4, 0.5) is 13.2 Å². The van der Waals surface area contributed by atoms with Crippen molar-refractivity contribution in [3.05, 3.63) is 0 Å². The Labute approximate surface area is 104 Å². The molecule has 7 heteroatoms. The molecule has 0 aromatic rings. The van der Waals surface area contributed by atoms with Crippen LogP contribution in [-0.2, 0) is 9.59 Å². The minimum atomic E-state index is -4.22. The summed E-state index contributed by atoms with van der Waals surface area (Å²) in [6.45, 7) is 1.71. The molecule has 1 N–H and O–H groups in total. The van der Waals surface area contributed by atoms with Crippen molar-refractivity contribution in [2.75, 3.05) is 13.1 Å². The molecule has 4 nitrogen and oxygen atoms in total. The number of nitrogens with zero attached hydrogens (tertiary/aromatic N) is 1. The van der Waals surface area contributed by atoms with Gasteiger partial charge in [0.05, 0.1) is 6.54 Å². The maximum absolute atomic E-state index is 12.0. The number of alkyl halides is 3. The van der Waals surface area contributed by atoms with Crippen LogP contribution in [0.2, 0.25) is 0 Å². The smallest absolute Gasteiger partial charge is 0.343 e. The number of halogens is 3. The molecule has 0 aromatic carbocycles. The summed E-state index contributed by atoms with van der Waals surface area (Å²) in [6.07, 6.45) is -4.07. The van der Waals surface area contributed by atoms with Gasteiger partial charge in [0.25, 0.3) is 0 Å². The van der Waals surface area contributed by atoms with Crippen molar-refractivity contribution in [2.24, 2.45) is 0 Å². The quantitative estimate of drug-likeness (QED) is 0.819. The maximum Gasteiger partial charge on any atom is 0.389 e. The molecule has 0 aliphatic carbocycles. The molecule has 0 aromatic heterocycles. The minimum Gasteiger partial charge on any atom is -0.343 e. The number of carbonyl (C=O) groups is 2. The molecule has 1 unspecified atom stereocenters. The van der Waals surface area contributed by atoms with Gasteiger partial charge in [-0.3, -0.25) is 9.59 Å². The number of piperazine rings is 1. The van der Waals surface area contributed by atoms with Gasteiger partial charge in [0.15, 0.2) is 0 Å². The van der Waals surface area contributed by atoms with E-state index in [2.05, 4.69) is 5.32 Å². The lowest BCUT2D eigenvalue weighted by molar-refractivity contribution is -0.147. The fourth-order valence-electron chi connectivity index (χ4n) is 1.92. The van der Waals surface area contributed by atoms with E-state index >= 15 is 0 Å². The molecule has 1 fully saturated rings. The van der Waals surface area contributed by atoms with E-state index in [-0.39, 0.29) is 31.3 Å². The lowest BCUT2D eigenvalue weighted by atomic mass is 10.1. The standard InChI is InChI=1S/C11H17F3N2O2/c1-2-4-8-10(18)16(7-9(17)15-8)6-3-5-11(12,13)14/h8H,2-7H2,1H3,(H,15,17). The summed E-state index contributed by atoms with van der Waals surface area (Å²) in [5.74, 6) is -0.585. The molecule has 2 amide bonds. The molecule has 0 bridgehead atoms. The van der Waals surface area contributed by atoms with Crippen molar-refractivity contribution < 1.29 is 22.8 Å². The third kappa shape index (κ3) is 4.54. The SMILES string of the molecule is CCCC1NC(=O)CN(CCCC(F)(F)F)C1=O. The monoisotopic (exact) mass is 266 g/mol. The van der Waals surface area contributed by atoms with E-state index in [1.807, 2.05) is 6.92 Å². The van der Waals surface area contributed by atoms with Gasteiger partial charge in [0.2, 0.25) is 11.8 Å². The predicted octanol–water partition coefficient (Wildman–Crippen LogP) is 1.46. The third-order valence-electron chi connectivity index (χ3n) is 2.75. The largest absolute Gasteiger partial charge is 0.389 e. The normalized spacial score (nSPS) is 21.1. The Balaban J connectivity index is 2.48. The first-order valence-electron chi connectivity index (χ1n) is 5.98. The summed E-state index contributed by atoms with van der Waals surface area (Å²) in [6, 6.07) is -0.581. The molecule has 104 valence electrons. The van der Waals surface area contributed by atoms with Gasteiger partial charge in [-0.25, -0.2) is 0 Å². The van der Waals surface area contributed by atoms with Crippen LogP contribution in [0, 0.1) is 0 Å². The highest BCUT2D eigenvalue weighted by atomic mass is 19.4. The van der Waals surface area contributed by atoms with E-state index < -0.39 is 18.6 Å². The second-order valence-corrected chi connectivity index (χ2v) is 4.39. The van der Waals surface area contributed by atoms with Crippen LogP contribution in [0.1, 0.15) is 32.6 Å². The first kappa shape index (κ1) is 14.8. The van der Waals surface area contributed by atoms with Crippen LogP contribution >= 0.6 is 0 Å². The van der Waals surface area contributed by atoms with Crippen molar-refractivity contribution in [3.8, 4) is 0 Å². The maximum atomic E-state index is 12.0. The first-order valence-corrected chi connectivity index (χ1v) is 5.98. The second kappa shape index (κ2) is 6.06. The Hall–Kier alpha value is -1.27. The fourth-order valence-corrected chi connectivity index (χ4v) is 1.92. The van der Waals surface area contributed by atoms with Gasteiger partial charge in [-0.15, -0.1) is 0 Å². The minimum absolute atomic E-state index is 0.0218. The number of rotatable bonds is 5. The lowest BCUT2D eigenvalue weighted by Crippen LogP contribution is -2.58. The van der Waals surface area contributed by atoms with Crippen molar-refractivity contribution in [2.45, 2.75) is 44.8 Å². The third-order valence-corrected chi connectivity index (χ3v) is 2.75. The summed E-state index contributed by atoms with van der Waals surface area (Å²) in [5, 5.41) is 2.55. The zero-order chi connectivity index (χ0) is 13.8. The van der Waals surface area contributed by atoms with Gasteiger partial charge in [0.1, 0.15) is 6.04 Å².